The first kappa shape index (κ1) is 15.3. The van der Waals surface area contributed by atoms with Gasteiger partial charge in [0.05, 0.1) is 12.7 Å². The maximum absolute atomic E-state index is 11.0. The summed E-state index contributed by atoms with van der Waals surface area (Å²) in [5, 5.41) is 0. The van der Waals surface area contributed by atoms with Crippen LogP contribution in [0, 0.1) is 23.7 Å². The molecule has 22 heavy (non-hydrogen) atoms. The van der Waals surface area contributed by atoms with Gasteiger partial charge in [-0.2, -0.15) is 0 Å². The Kier molecular flexibility index (Phi) is 4.09. The van der Waals surface area contributed by atoms with Crippen LogP contribution in [-0.2, 0) is 9.53 Å². The number of ether oxygens (including phenoxy) is 2. The maximum atomic E-state index is 11.0. The summed E-state index contributed by atoms with van der Waals surface area (Å²) in [5.74, 6) is 2.57. The van der Waals surface area contributed by atoms with Crippen LogP contribution in [0.5, 0.6) is 5.75 Å². The van der Waals surface area contributed by atoms with Gasteiger partial charge in [-0.1, -0.05) is 37.6 Å². The zero-order valence-corrected chi connectivity index (χ0v) is 13.7. The highest BCUT2D eigenvalue weighted by Crippen LogP contribution is 2.49. The largest absolute Gasteiger partial charge is 0.427 e. The van der Waals surface area contributed by atoms with Crippen molar-refractivity contribution in [3.63, 3.8) is 0 Å². The summed E-state index contributed by atoms with van der Waals surface area (Å²) in [6.07, 6.45) is 2.51. The number of esters is 1. The number of benzene rings is 1. The zero-order chi connectivity index (χ0) is 15.9. The smallest absolute Gasteiger partial charge is 0.308 e. The third-order valence-corrected chi connectivity index (χ3v) is 5.23. The molecule has 1 heterocycles. The molecular formula is C19H24O3. The van der Waals surface area contributed by atoms with Gasteiger partial charge in [0.25, 0.3) is 0 Å². The van der Waals surface area contributed by atoms with Gasteiger partial charge in [-0.3, -0.25) is 4.79 Å². The second kappa shape index (κ2) is 5.88. The molecule has 3 rings (SSSR count). The fourth-order valence-electron chi connectivity index (χ4n) is 4.14. The Morgan fingerprint density at radius 1 is 1.23 bits per heavy atom. The highest BCUT2D eigenvalue weighted by molar-refractivity contribution is 5.69. The van der Waals surface area contributed by atoms with Gasteiger partial charge in [-0.05, 0) is 42.4 Å². The molecule has 1 aliphatic carbocycles. The van der Waals surface area contributed by atoms with Gasteiger partial charge in [-0.25, -0.2) is 0 Å². The monoisotopic (exact) mass is 300 g/mol. The number of carbonyl (C=O) groups excluding carboxylic acids is 1. The minimum Gasteiger partial charge on any atom is -0.427 e. The zero-order valence-electron chi connectivity index (χ0n) is 13.7. The molecule has 1 saturated heterocycles. The molecule has 0 saturated carbocycles. The SMILES string of the molecule is CC(=O)Oc1ccc([C@@H]2OC[C@H]3[C@@H](C)[C@@H]2C(C)=C[C@@H]3C)cc1. The molecule has 3 heteroatoms. The van der Waals surface area contributed by atoms with Crippen molar-refractivity contribution in [2.45, 2.75) is 33.8 Å². The van der Waals surface area contributed by atoms with Crippen molar-refractivity contribution in [3.8, 4) is 5.75 Å². The number of allylic oxidation sites excluding steroid dienone is 1. The number of rotatable bonds is 2. The molecule has 0 amide bonds. The Hall–Kier alpha value is -1.61. The Balaban J connectivity index is 1.86. The van der Waals surface area contributed by atoms with Crippen LogP contribution in [0.3, 0.4) is 0 Å². The fourth-order valence-corrected chi connectivity index (χ4v) is 4.14. The molecular weight excluding hydrogens is 276 g/mol. The van der Waals surface area contributed by atoms with E-state index in [9.17, 15) is 4.79 Å². The highest BCUT2D eigenvalue weighted by Gasteiger charge is 2.43. The van der Waals surface area contributed by atoms with Crippen LogP contribution in [0.1, 0.15) is 39.4 Å². The van der Waals surface area contributed by atoms with Crippen LogP contribution in [-0.4, -0.2) is 12.6 Å². The van der Waals surface area contributed by atoms with Crippen LogP contribution >= 0.6 is 0 Å². The first-order valence-electron chi connectivity index (χ1n) is 8.05. The van der Waals surface area contributed by atoms with E-state index in [1.807, 2.05) is 24.3 Å². The Labute approximate surface area is 132 Å². The number of hydrogen-bond acceptors (Lipinski definition) is 3. The van der Waals surface area contributed by atoms with Gasteiger partial charge in [0.1, 0.15) is 5.75 Å². The van der Waals surface area contributed by atoms with E-state index >= 15 is 0 Å². The molecule has 3 nitrogen and oxygen atoms in total. The van der Waals surface area contributed by atoms with E-state index in [-0.39, 0.29) is 12.1 Å². The minimum atomic E-state index is -0.293. The van der Waals surface area contributed by atoms with E-state index in [0.29, 0.717) is 29.4 Å². The van der Waals surface area contributed by atoms with E-state index < -0.39 is 0 Å². The van der Waals surface area contributed by atoms with Gasteiger partial charge in [0.15, 0.2) is 0 Å². The molecule has 1 aromatic rings. The second-order valence-electron chi connectivity index (χ2n) is 6.74. The molecule has 1 aliphatic heterocycles. The van der Waals surface area contributed by atoms with E-state index in [1.165, 1.54) is 12.5 Å². The van der Waals surface area contributed by atoms with Crippen LogP contribution < -0.4 is 4.74 Å². The third kappa shape index (κ3) is 2.70. The Morgan fingerprint density at radius 2 is 1.91 bits per heavy atom. The molecule has 0 unspecified atom stereocenters. The van der Waals surface area contributed by atoms with Crippen molar-refractivity contribution in [1.82, 2.24) is 0 Å². The van der Waals surface area contributed by atoms with E-state index in [4.69, 9.17) is 9.47 Å². The summed E-state index contributed by atoms with van der Waals surface area (Å²) < 4.78 is 11.3. The molecule has 0 aromatic heterocycles. The van der Waals surface area contributed by atoms with Gasteiger partial charge in [0, 0.05) is 12.8 Å². The summed E-state index contributed by atoms with van der Waals surface area (Å²) in [5.41, 5.74) is 2.60. The molecule has 118 valence electrons. The Bertz CT molecular complexity index is 587. The highest BCUT2D eigenvalue weighted by atomic mass is 16.5. The first-order chi connectivity index (χ1) is 10.5. The van der Waals surface area contributed by atoms with Crippen molar-refractivity contribution in [1.29, 1.82) is 0 Å². The molecule has 0 spiro atoms. The first-order valence-corrected chi connectivity index (χ1v) is 8.05. The molecule has 0 radical (unpaired) electrons. The lowest BCUT2D eigenvalue weighted by Crippen LogP contribution is -2.42. The van der Waals surface area contributed by atoms with Gasteiger partial charge >= 0.3 is 5.97 Å². The molecule has 2 bridgehead atoms. The normalized spacial score (nSPS) is 34.0. The fraction of sp³-hybridized carbons (Fsp3) is 0.526. The summed E-state index contributed by atoms with van der Waals surface area (Å²) >= 11 is 0. The van der Waals surface area contributed by atoms with E-state index in [2.05, 4.69) is 26.8 Å². The van der Waals surface area contributed by atoms with Crippen molar-refractivity contribution < 1.29 is 14.3 Å². The number of carbonyl (C=O) groups is 1. The quantitative estimate of drug-likeness (QED) is 0.467. The van der Waals surface area contributed by atoms with Crippen molar-refractivity contribution in [3.05, 3.63) is 41.5 Å². The van der Waals surface area contributed by atoms with Crippen LogP contribution in [0.25, 0.3) is 0 Å². The van der Waals surface area contributed by atoms with Gasteiger partial charge in [-0.15, -0.1) is 0 Å². The molecule has 1 fully saturated rings. The molecule has 2 aliphatic rings. The standard InChI is InChI=1S/C19H24O3/c1-11-9-12(2)18-13(3)17(11)10-21-19(18)15-5-7-16(8-6-15)22-14(4)20/h5-9,11,13,17-19H,10H2,1-4H3/t11-,13+,17+,18-,19-/m0/s1. The predicted molar refractivity (Wildman–Crippen MR) is 85.5 cm³/mol. The van der Waals surface area contributed by atoms with Crippen molar-refractivity contribution in [2.75, 3.05) is 6.61 Å². The topological polar surface area (TPSA) is 35.5 Å². The maximum Gasteiger partial charge on any atom is 0.308 e. The lowest BCUT2D eigenvalue weighted by atomic mass is 9.64. The van der Waals surface area contributed by atoms with E-state index in [1.54, 1.807) is 0 Å². The molecule has 5 atom stereocenters. The Morgan fingerprint density at radius 3 is 2.55 bits per heavy atom. The lowest BCUT2D eigenvalue weighted by Gasteiger charge is -2.47. The van der Waals surface area contributed by atoms with Gasteiger partial charge in [0.2, 0.25) is 0 Å². The molecule has 1 aromatic carbocycles. The average molecular weight is 300 g/mol. The van der Waals surface area contributed by atoms with Crippen LogP contribution in [0.2, 0.25) is 0 Å². The van der Waals surface area contributed by atoms with Crippen LogP contribution in [0.4, 0.5) is 0 Å². The van der Waals surface area contributed by atoms with Crippen molar-refractivity contribution in [2.24, 2.45) is 23.7 Å². The third-order valence-electron chi connectivity index (χ3n) is 5.23. The number of hydrogen-bond donors (Lipinski definition) is 0. The molecule has 0 N–H and O–H groups in total. The summed E-state index contributed by atoms with van der Waals surface area (Å²) in [6, 6.07) is 7.73. The average Bonchev–Trinajstić information content (AvgIpc) is 2.45. The van der Waals surface area contributed by atoms with Gasteiger partial charge < -0.3 is 9.47 Å². The van der Waals surface area contributed by atoms with Crippen LogP contribution in [0.15, 0.2) is 35.9 Å². The minimum absolute atomic E-state index is 0.0985. The van der Waals surface area contributed by atoms with Crippen molar-refractivity contribution >= 4 is 5.97 Å². The lowest BCUT2D eigenvalue weighted by molar-refractivity contribution is -0.131. The predicted octanol–water partition coefficient (Wildman–Crippen LogP) is 4.15. The number of fused-ring (bicyclic) bond motifs is 2. The van der Waals surface area contributed by atoms with E-state index in [0.717, 1.165) is 12.2 Å². The summed E-state index contributed by atoms with van der Waals surface area (Å²) in [4.78, 5) is 11.0. The summed E-state index contributed by atoms with van der Waals surface area (Å²) in [7, 11) is 0. The second-order valence-corrected chi connectivity index (χ2v) is 6.74. The summed E-state index contributed by atoms with van der Waals surface area (Å²) in [6.45, 7) is 9.10.